The Morgan fingerprint density at radius 1 is 1.40 bits per heavy atom. The number of hydrogen-bond donors (Lipinski definition) is 1. The summed E-state index contributed by atoms with van der Waals surface area (Å²) in [6, 6.07) is 2.34. The van der Waals surface area contributed by atoms with Gasteiger partial charge in [-0.2, -0.15) is 0 Å². The number of anilines is 1. The molecule has 2 aliphatic rings. The van der Waals surface area contributed by atoms with Crippen LogP contribution < -0.4 is 10.2 Å². The summed E-state index contributed by atoms with van der Waals surface area (Å²) in [5.74, 6) is 0.882. The third-order valence-electron chi connectivity index (χ3n) is 3.10. The number of nitrogens with zero attached hydrogens (tertiary/aromatic N) is 3. The van der Waals surface area contributed by atoms with Gasteiger partial charge in [-0.05, 0) is 12.5 Å². The van der Waals surface area contributed by atoms with Crippen LogP contribution in [0.3, 0.4) is 0 Å². The maximum absolute atomic E-state index is 11.3. The summed E-state index contributed by atoms with van der Waals surface area (Å²) in [5, 5.41) is 2.98. The van der Waals surface area contributed by atoms with E-state index in [2.05, 4.69) is 20.2 Å². The van der Waals surface area contributed by atoms with E-state index in [1.807, 2.05) is 0 Å². The Morgan fingerprint density at radius 2 is 2.20 bits per heavy atom. The van der Waals surface area contributed by atoms with Gasteiger partial charge in [-0.15, -0.1) is 0 Å². The van der Waals surface area contributed by atoms with Gasteiger partial charge in [-0.25, -0.2) is 9.97 Å². The van der Waals surface area contributed by atoms with Gasteiger partial charge in [0.1, 0.15) is 0 Å². The van der Waals surface area contributed by atoms with Crippen LogP contribution in [0.1, 0.15) is 12.8 Å². The topological polar surface area (TPSA) is 58.1 Å². The zero-order valence-corrected chi connectivity index (χ0v) is 8.26. The zero-order chi connectivity index (χ0) is 10.3. The molecule has 0 aromatic carbocycles. The lowest BCUT2D eigenvalue weighted by molar-refractivity contribution is -0.119. The Balaban J connectivity index is 1.87. The molecule has 1 N–H and O–H groups in total. The first-order valence-electron chi connectivity index (χ1n) is 5.17. The summed E-state index contributed by atoms with van der Waals surface area (Å²) in [7, 11) is 0. The molecule has 1 amide bonds. The number of rotatable bonds is 1. The molecule has 0 saturated carbocycles. The number of carbonyl (C=O) groups excluding carboxylic acids is 1. The van der Waals surface area contributed by atoms with Crippen molar-refractivity contribution in [1.29, 1.82) is 0 Å². The van der Waals surface area contributed by atoms with E-state index in [4.69, 9.17) is 0 Å². The largest absolute Gasteiger partial charge is 0.351 e. The van der Waals surface area contributed by atoms with Crippen LogP contribution in [0.25, 0.3) is 0 Å². The first-order chi connectivity index (χ1) is 7.34. The van der Waals surface area contributed by atoms with Gasteiger partial charge in [-0.3, -0.25) is 4.79 Å². The molecule has 0 bridgehead atoms. The average molecular weight is 204 g/mol. The molecule has 0 radical (unpaired) electrons. The number of aromatic nitrogens is 2. The smallest absolute Gasteiger partial charge is 0.225 e. The van der Waals surface area contributed by atoms with E-state index < -0.39 is 0 Å². The fraction of sp³-hybridized carbons (Fsp3) is 0.500. The lowest BCUT2D eigenvalue weighted by Gasteiger charge is -2.21. The highest BCUT2D eigenvalue weighted by Crippen LogP contribution is 2.28. The van der Waals surface area contributed by atoms with E-state index in [1.165, 1.54) is 0 Å². The van der Waals surface area contributed by atoms with Crippen molar-refractivity contribution in [2.24, 2.45) is 0 Å². The number of fused-ring (bicyclic) bond motifs is 1. The molecular weight excluding hydrogens is 192 g/mol. The second-order valence-electron chi connectivity index (χ2n) is 3.98. The molecule has 78 valence electrons. The molecule has 0 spiro atoms. The van der Waals surface area contributed by atoms with Crippen LogP contribution in [0.15, 0.2) is 18.5 Å². The Morgan fingerprint density at radius 3 is 3.00 bits per heavy atom. The standard InChI is InChI=1S/C10H12N4O/c15-9-6-8-7(13-9)2-5-14(8)10-11-3-1-4-12-10/h1,3-4,7-8H,2,5-6H2,(H,13,15)/t7-,8+/m1/s1. The molecular formula is C10H12N4O. The van der Waals surface area contributed by atoms with E-state index in [-0.39, 0.29) is 11.9 Å². The molecule has 3 rings (SSSR count). The molecule has 2 aliphatic heterocycles. The summed E-state index contributed by atoms with van der Waals surface area (Å²) in [4.78, 5) is 21.8. The van der Waals surface area contributed by atoms with Crippen molar-refractivity contribution in [3.05, 3.63) is 18.5 Å². The first kappa shape index (κ1) is 8.64. The van der Waals surface area contributed by atoms with E-state index in [1.54, 1.807) is 18.5 Å². The molecule has 0 unspecified atom stereocenters. The number of nitrogens with one attached hydrogen (secondary N) is 1. The van der Waals surface area contributed by atoms with Crippen molar-refractivity contribution in [2.45, 2.75) is 24.9 Å². The summed E-state index contributed by atoms with van der Waals surface area (Å²) in [6.45, 7) is 0.930. The summed E-state index contributed by atoms with van der Waals surface area (Å²) < 4.78 is 0. The Kier molecular flexibility index (Phi) is 1.83. The van der Waals surface area contributed by atoms with E-state index in [0.29, 0.717) is 12.5 Å². The van der Waals surface area contributed by atoms with Crippen LogP contribution in [-0.4, -0.2) is 34.5 Å². The summed E-state index contributed by atoms with van der Waals surface area (Å²) >= 11 is 0. The minimum absolute atomic E-state index is 0.144. The highest BCUT2D eigenvalue weighted by molar-refractivity contribution is 5.81. The summed E-state index contributed by atoms with van der Waals surface area (Å²) in [6.07, 6.45) is 5.04. The van der Waals surface area contributed by atoms with Crippen molar-refractivity contribution in [1.82, 2.24) is 15.3 Å². The molecule has 1 aromatic rings. The normalized spacial score (nSPS) is 29.1. The molecule has 3 heterocycles. The number of hydrogen-bond acceptors (Lipinski definition) is 4. The van der Waals surface area contributed by atoms with Crippen LogP contribution in [-0.2, 0) is 4.79 Å². The lowest BCUT2D eigenvalue weighted by atomic mass is 10.1. The van der Waals surface area contributed by atoms with Crippen molar-refractivity contribution in [3.8, 4) is 0 Å². The molecule has 5 nitrogen and oxygen atoms in total. The van der Waals surface area contributed by atoms with Crippen LogP contribution in [0.4, 0.5) is 5.95 Å². The second kappa shape index (κ2) is 3.18. The van der Waals surface area contributed by atoms with Crippen LogP contribution in [0.5, 0.6) is 0 Å². The average Bonchev–Trinajstić information content (AvgIpc) is 2.77. The van der Waals surface area contributed by atoms with Crippen molar-refractivity contribution in [2.75, 3.05) is 11.4 Å². The molecule has 2 saturated heterocycles. The predicted octanol–water partition coefficient (Wildman–Crippen LogP) is -0.0562. The second-order valence-corrected chi connectivity index (χ2v) is 3.98. The van der Waals surface area contributed by atoms with E-state index >= 15 is 0 Å². The maximum atomic E-state index is 11.3. The predicted molar refractivity (Wildman–Crippen MR) is 54.3 cm³/mol. The highest BCUT2D eigenvalue weighted by atomic mass is 16.2. The third-order valence-corrected chi connectivity index (χ3v) is 3.10. The van der Waals surface area contributed by atoms with Crippen molar-refractivity contribution in [3.63, 3.8) is 0 Å². The lowest BCUT2D eigenvalue weighted by Crippen LogP contribution is -2.35. The van der Waals surface area contributed by atoms with Gasteiger partial charge in [0.25, 0.3) is 0 Å². The molecule has 1 aromatic heterocycles. The molecule has 2 atom stereocenters. The Bertz CT molecular complexity index is 380. The van der Waals surface area contributed by atoms with Gasteiger partial charge in [0.15, 0.2) is 0 Å². The monoisotopic (exact) mass is 204 g/mol. The molecule has 2 fully saturated rings. The van der Waals surface area contributed by atoms with Crippen LogP contribution >= 0.6 is 0 Å². The highest BCUT2D eigenvalue weighted by Gasteiger charge is 2.42. The fourth-order valence-electron chi connectivity index (χ4n) is 2.42. The minimum Gasteiger partial charge on any atom is -0.351 e. The molecule has 0 aliphatic carbocycles. The molecule has 15 heavy (non-hydrogen) atoms. The third kappa shape index (κ3) is 1.35. The first-order valence-corrected chi connectivity index (χ1v) is 5.17. The van der Waals surface area contributed by atoms with Gasteiger partial charge >= 0.3 is 0 Å². The van der Waals surface area contributed by atoms with Crippen LogP contribution in [0, 0.1) is 0 Å². The van der Waals surface area contributed by atoms with Gasteiger partial charge in [0, 0.05) is 25.4 Å². The van der Waals surface area contributed by atoms with Crippen molar-refractivity contribution < 1.29 is 4.79 Å². The Labute approximate surface area is 87.5 Å². The SMILES string of the molecule is O=C1C[C@H]2[C@@H](CCN2c2ncccn2)N1. The zero-order valence-electron chi connectivity index (χ0n) is 8.26. The van der Waals surface area contributed by atoms with Crippen LogP contribution in [0.2, 0.25) is 0 Å². The van der Waals surface area contributed by atoms with Gasteiger partial charge < -0.3 is 10.2 Å². The van der Waals surface area contributed by atoms with Gasteiger partial charge in [0.05, 0.1) is 12.1 Å². The number of amides is 1. The minimum atomic E-state index is 0.144. The fourth-order valence-corrected chi connectivity index (χ4v) is 2.42. The summed E-state index contributed by atoms with van der Waals surface area (Å²) in [5.41, 5.74) is 0. The van der Waals surface area contributed by atoms with E-state index in [0.717, 1.165) is 18.9 Å². The molecule has 5 heteroatoms. The van der Waals surface area contributed by atoms with Crippen molar-refractivity contribution >= 4 is 11.9 Å². The van der Waals surface area contributed by atoms with Gasteiger partial charge in [0.2, 0.25) is 11.9 Å². The number of carbonyl (C=O) groups is 1. The van der Waals surface area contributed by atoms with Gasteiger partial charge in [-0.1, -0.05) is 0 Å². The van der Waals surface area contributed by atoms with E-state index in [9.17, 15) is 4.79 Å². The Hall–Kier alpha value is -1.65. The quantitative estimate of drug-likeness (QED) is 0.696. The maximum Gasteiger partial charge on any atom is 0.225 e.